The molecule has 1 aliphatic heterocycles. The number of aldehydes is 1. The Morgan fingerprint density at radius 2 is 2.25 bits per heavy atom. The number of ether oxygens (including phenoxy) is 2. The highest BCUT2D eigenvalue weighted by Gasteiger charge is 2.47. The largest absolute Gasteiger partial charge is 0.466 e. The fourth-order valence-electron chi connectivity index (χ4n) is 2.95. The summed E-state index contributed by atoms with van der Waals surface area (Å²) in [5.74, 6) is -2.49. The number of fused-ring (bicyclic) bond motifs is 1. The van der Waals surface area contributed by atoms with Crippen molar-refractivity contribution in [3.05, 3.63) is 22.8 Å². The summed E-state index contributed by atoms with van der Waals surface area (Å²) in [5.41, 5.74) is 1.93. The lowest BCUT2D eigenvalue weighted by Crippen LogP contribution is -2.43. The smallest absolute Gasteiger partial charge is 0.314 e. The van der Waals surface area contributed by atoms with E-state index in [1.165, 1.54) is 0 Å². The predicted molar refractivity (Wildman–Crippen MR) is 70.6 cm³/mol. The molecule has 0 saturated heterocycles. The zero-order valence-corrected chi connectivity index (χ0v) is 11.8. The maximum atomic E-state index is 12.1. The Morgan fingerprint density at radius 1 is 1.55 bits per heavy atom. The average Bonchev–Trinajstić information content (AvgIpc) is 2.42. The van der Waals surface area contributed by atoms with Crippen LogP contribution in [0.5, 0.6) is 0 Å². The Bertz CT molecular complexity index is 514. The van der Waals surface area contributed by atoms with Crippen molar-refractivity contribution in [2.45, 2.75) is 20.8 Å². The van der Waals surface area contributed by atoms with Gasteiger partial charge in [0, 0.05) is 5.57 Å². The van der Waals surface area contributed by atoms with Crippen molar-refractivity contribution in [1.29, 1.82) is 0 Å². The maximum Gasteiger partial charge on any atom is 0.314 e. The monoisotopic (exact) mass is 278 g/mol. The van der Waals surface area contributed by atoms with Crippen LogP contribution in [0.1, 0.15) is 20.8 Å². The summed E-state index contributed by atoms with van der Waals surface area (Å²) in [6, 6.07) is 0. The van der Waals surface area contributed by atoms with Crippen LogP contribution in [0.3, 0.4) is 0 Å². The third-order valence-electron chi connectivity index (χ3n) is 3.82. The van der Waals surface area contributed by atoms with E-state index in [1.54, 1.807) is 19.9 Å². The lowest BCUT2D eigenvalue weighted by atomic mass is 9.69. The number of allylic oxidation sites excluding steroid dienone is 2. The van der Waals surface area contributed by atoms with Gasteiger partial charge in [0.2, 0.25) is 0 Å². The molecule has 2 rings (SSSR count). The summed E-state index contributed by atoms with van der Waals surface area (Å²) in [5, 5.41) is 0. The maximum absolute atomic E-state index is 12.1. The SMILES string of the molecule is CCOC(=O)[C@@H]1[C@H]2C(=O)OCC(C)=C2C(C=O)=C[C@@H]1C. The molecule has 0 radical (unpaired) electrons. The van der Waals surface area contributed by atoms with E-state index in [-0.39, 0.29) is 19.1 Å². The van der Waals surface area contributed by atoms with E-state index in [0.717, 1.165) is 11.9 Å². The van der Waals surface area contributed by atoms with Crippen LogP contribution in [0, 0.1) is 17.8 Å². The highest BCUT2D eigenvalue weighted by molar-refractivity contribution is 5.93. The van der Waals surface area contributed by atoms with E-state index in [1.807, 2.05) is 6.92 Å². The fraction of sp³-hybridized carbons (Fsp3) is 0.533. The van der Waals surface area contributed by atoms with Gasteiger partial charge in [0.1, 0.15) is 12.9 Å². The van der Waals surface area contributed by atoms with Gasteiger partial charge in [0.05, 0.1) is 18.4 Å². The summed E-state index contributed by atoms with van der Waals surface area (Å²) in [6.07, 6.45) is 2.48. The number of cyclic esters (lactones) is 1. The number of carbonyl (C=O) groups is 3. The van der Waals surface area contributed by atoms with Gasteiger partial charge in [-0.15, -0.1) is 0 Å². The molecule has 0 fully saturated rings. The molecule has 0 unspecified atom stereocenters. The Hall–Kier alpha value is -1.91. The van der Waals surface area contributed by atoms with Crippen molar-refractivity contribution in [3.8, 4) is 0 Å². The van der Waals surface area contributed by atoms with Crippen LogP contribution in [0.15, 0.2) is 22.8 Å². The molecule has 2 aliphatic rings. The first-order valence-corrected chi connectivity index (χ1v) is 6.71. The van der Waals surface area contributed by atoms with E-state index in [0.29, 0.717) is 11.1 Å². The second-order valence-corrected chi connectivity index (χ2v) is 5.16. The van der Waals surface area contributed by atoms with Gasteiger partial charge in [0.25, 0.3) is 0 Å². The zero-order valence-electron chi connectivity index (χ0n) is 11.8. The van der Waals surface area contributed by atoms with Gasteiger partial charge in [-0.3, -0.25) is 14.4 Å². The predicted octanol–water partition coefficient (Wildman–Crippen LogP) is 1.43. The van der Waals surface area contributed by atoms with Crippen LogP contribution in [-0.4, -0.2) is 31.4 Å². The van der Waals surface area contributed by atoms with Crippen molar-refractivity contribution >= 4 is 18.2 Å². The quantitative estimate of drug-likeness (QED) is 0.577. The molecule has 0 aromatic heterocycles. The molecule has 108 valence electrons. The Morgan fingerprint density at radius 3 is 2.85 bits per heavy atom. The lowest BCUT2D eigenvalue weighted by molar-refractivity contribution is -0.161. The van der Waals surface area contributed by atoms with Crippen molar-refractivity contribution in [2.75, 3.05) is 13.2 Å². The van der Waals surface area contributed by atoms with Gasteiger partial charge in [-0.1, -0.05) is 13.0 Å². The van der Waals surface area contributed by atoms with Crippen LogP contribution in [0.25, 0.3) is 0 Å². The molecule has 0 bridgehead atoms. The first-order chi connectivity index (χ1) is 9.51. The van der Waals surface area contributed by atoms with E-state index in [2.05, 4.69) is 0 Å². The first kappa shape index (κ1) is 14.5. The third-order valence-corrected chi connectivity index (χ3v) is 3.82. The Balaban J connectivity index is 2.53. The average molecular weight is 278 g/mol. The molecule has 5 heteroatoms. The normalized spacial score (nSPS) is 29.2. The second kappa shape index (κ2) is 5.61. The number of rotatable bonds is 3. The molecule has 0 spiro atoms. The summed E-state index contributed by atoms with van der Waals surface area (Å²) >= 11 is 0. The Kier molecular flexibility index (Phi) is 4.06. The Labute approximate surface area is 117 Å². The minimum Gasteiger partial charge on any atom is -0.466 e. The second-order valence-electron chi connectivity index (χ2n) is 5.16. The molecule has 1 heterocycles. The lowest BCUT2D eigenvalue weighted by Gasteiger charge is -2.37. The summed E-state index contributed by atoms with van der Waals surface area (Å²) < 4.78 is 10.2. The van der Waals surface area contributed by atoms with E-state index in [9.17, 15) is 14.4 Å². The highest BCUT2D eigenvalue weighted by atomic mass is 16.5. The first-order valence-electron chi connectivity index (χ1n) is 6.71. The zero-order chi connectivity index (χ0) is 14.9. The van der Waals surface area contributed by atoms with Crippen molar-refractivity contribution in [2.24, 2.45) is 17.8 Å². The standard InChI is InChI=1S/C15H18O5/c1-4-19-14(17)12-8(2)5-10(6-16)11-9(3)7-20-15(18)13(11)12/h5-6,8,12-13H,4,7H2,1-3H3/t8-,12-,13-/m0/s1. The molecule has 3 atom stereocenters. The molecule has 0 N–H and O–H groups in total. The molecule has 5 nitrogen and oxygen atoms in total. The van der Waals surface area contributed by atoms with Crippen molar-refractivity contribution in [3.63, 3.8) is 0 Å². The van der Waals surface area contributed by atoms with Crippen LogP contribution in [0.2, 0.25) is 0 Å². The number of esters is 2. The summed E-state index contributed by atoms with van der Waals surface area (Å²) in [6.45, 7) is 5.76. The van der Waals surface area contributed by atoms with E-state index >= 15 is 0 Å². The van der Waals surface area contributed by atoms with Crippen LogP contribution in [-0.2, 0) is 23.9 Å². The minimum absolute atomic E-state index is 0.166. The highest BCUT2D eigenvalue weighted by Crippen LogP contribution is 2.42. The van der Waals surface area contributed by atoms with Crippen LogP contribution in [0.4, 0.5) is 0 Å². The van der Waals surface area contributed by atoms with Gasteiger partial charge in [-0.05, 0) is 30.9 Å². The topological polar surface area (TPSA) is 69.7 Å². The van der Waals surface area contributed by atoms with Crippen molar-refractivity contribution < 1.29 is 23.9 Å². The van der Waals surface area contributed by atoms with E-state index < -0.39 is 23.8 Å². The number of carbonyl (C=O) groups excluding carboxylic acids is 3. The molecule has 0 saturated carbocycles. The van der Waals surface area contributed by atoms with Gasteiger partial charge in [0.15, 0.2) is 0 Å². The molecule has 0 aromatic rings. The minimum atomic E-state index is -0.733. The molecule has 20 heavy (non-hydrogen) atoms. The molecular formula is C15H18O5. The number of hydrogen-bond acceptors (Lipinski definition) is 5. The van der Waals surface area contributed by atoms with Crippen molar-refractivity contribution in [1.82, 2.24) is 0 Å². The molecular weight excluding hydrogens is 260 g/mol. The number of hydrogen-bond donors (Lipinski definition) is 0. The van der Waals surface area contributed by atoms with Gasteiger partial charge >= 0.3 is 11.9 Å². The van der Waals surface area contributed by atoms with Gasteiger partial charge < -0.3 is 9.47 Å². The molecule has 0 aromatic carbocycles. The third kappa shape index (κ3) is 2.28. The van der Waals surface area contributed by atoms with Gasteiger partial charge in [-0.2, -0.15) is 0 Å². The van der Waals surface area contributed by atoms with Gasteiger partial charge in [-0.25, -0.2) is 0 Å². The van der Waals surface area contributed by atoms with Crippen LogP contribution >= 0.6 is 0 Å². The molecule has 0 amide bonds. The molecule has 1 aliphatic carbocycles. The fourth-order valence-corrected chi connectivity index (χ4v) is 2.95. The summed E-state index contributed by atoms with van der Waals surface area (Å²) in [4.78, 5) is 35.5. The summed E-state index contributed by atoms with van der Waals surface area (Å²) in [7, 11) is 0. The van der Waals surface area contributed by atoms with Crippen LogP contribution < -0.4 is 0 Å². The van der Waals surface area contributed by atoms with E-state index in [4.69, 9.17) is 9.47 Å².